The van der Waals surface area contributed by atoms with Gasteiger partial charge in [0.15, 0.2) is 5.79 Å². The molecule has 1 atom stereocenters. The van der Waals surface area contributed by atoms with E-state index in [2.05, 4.69) is 17.4 Å². The van der Waals surface area contributed by atoms with Gasteiger partial charge in [0.05, 0.1) is 36.1 Å². The predicted molar refractivity (Wildman–Crippen MR) is 92.4 cm³/mol. The molecule has 2 fully saturated rings. The Hall–Kier alpha value is -1.25. The summed E-state index contributed by atoms with van der Waals surface area (Å²) in [5.74, 6) is -0.417. The maximum atomic E-state index is 11.7. The molecule has 1 aromatic carbocycles. The van der Waals surface area contributed by atoms with Crippen LogP contribution in [0.2, 0.25) is 0 Å². The third-order valence-corrected chi connectivity index (χ3v) is 5.72. The first-order valence-electron chi connectivity index (χ1n) is 8.34. The van der Waals surface area contributed by atoms with Gasteiger partial charge in [-0.3, -0.25) is 4.79 Å². The lowest BCUT2D eigenvalue weighted by molar-refractivity contribution is -0.210. The second-order valence-corrected chi connectivity index (χ2v) is 7.43. The smallest absolute Gasteiger partial charge is 0.307 e. The topological polar surface area (TPSA) is 61.7 Å². The highest BCUT2D eigenvalue weighted by Gasteiger charge is 2.42. The lowest BCUT2D eigenvalue weighted by Gasteiger charge is -2.31. The van der Waals surface area contributed by atoms with Crippen molar-refractivity contribution < 1.29 is 14.2 Å². The van der Waals surface area contributed by atoms with Crippen molar-refractivity contribution in [1.29, 1.82) is 0 Å². The molecular weight excluding hydrogens is 328 g/mol. The molecule has 2 saturated heterocycles. The third-order valence-electron chi connectivity index (χ3n) is 4.73. The molecule has 2 aromatic rings. The summed E-state index contributed by atoms with van der Waals surface area (Å²) in [6.07, 6.45) is 1.71. The molecule has 1 N–H and O–H groups in total. The van der Waals surface area contributed by atoms with Crippen molar-refractivity contribution in [3.8, 4) is 0 Å². The van der Waals surface area contributed by atoms with E-state index in [0.717, 1.165) is 36.1 Å². The van der Waals surface area contributed by atoms with Crippen LogP contribution in [0.3, 0.4) is 0 Å². The van der Waals surface area contributed by atoms with E-state index in [1.54, 1.807) is 4.57 Å². The van der Waals surface area contributed by atoms with Crippen LogP contribution < -0.4 is 10.2 Å². The molecule has 2 aliphatic heterocycles. The van der Waals surface area contributed by atoms with Crippen molar-refractivity contribution in [3.05, 3.63) is 33.4 Å². The Morgan fingerprint density at radius 2 is 2.21 bits per heavy atom. The van der Waals surface area contributed by atoms with Crippen molar-refractivity contribution in [2.24, 2.45) is 7.05 Å². The van der Waals surface area contributed by atoms with Gasteiger partial charge in [0.2, 0.25) is 0 Å². The van der Waals surface area contributed by atoms with Crippen molar-refractivity contribution in [2.45, 2.75) is 31.3 Å². The van der Waals surface area contributed by atoms with Crippen LogP contribution in [0.5, 0.6) is 0 Å². The molecule has 0 amide bonds. The van der Waals surface area contributed by atoms with E-state index in [4.69, 9.17) is 14.2 Å². The molecule has 130 valence electrons. The Bertz CT molecular complexity index is 778. The van der Waals surface area contributed by atoms with Gasteiger partial charge in [0.25, 0.3) is 0 Å². The van der Waals surface area contributed by atoms with Gasteiger partial charge in [-0.2, -0.15) is 0 Å². The van der Waals surface area contributed by atoms with Gasteiger partial charge in [-0.25, -0.2) is 0 Å². The highest BCUT2D eigenvalue weighted by Crippen LogP contribution is 2.33. The number of fused-ring (bicyclic) bond motifs is 1. The highest BCUT2D eigenvalue weighted by molar-refractivity contribution is 7.16. The maximum absolute atomic E-state index is 11.7. The van der Waals surface area contributed by atoms with Gasteiger partial charge >= 0.3 is 4.87 Å². The van der Waals surface area contributed by atoms with E-state index in [9.17, 15) is 4.79 Å². The number of nitrogens with zero attached hydrogens (tertiary/aromatic N) is 1. The van der Waals surface area contributed by atoms with E-state index in [1.165, 1.54) is 16.9 Å². The monoisotopic (exact) mass is 350 g/mol. The van der Waals surface area contributed by atoms with Gasteiger partial charge < -0.3 is 24.1 Å². The lowest BCUT2D eigenvalue weighted by atomic mass is 10.1. The first-order chi connectivity index (χ1) is 11.7. The Kier molecular flexibility index (Phi) is 4.44. The Labute approximate surface area is 144 Å². The number of aromatic nitrogens is 1. The summed E-state index contributed by atoms with van der Waals surface area (Å²) in [7, 11) is 1.81. The minimum Gasteiger partial charge on any atom is -0.381 e. The van der Waals surface area contributed by atoms with E-state index in [0.29, 0.717) is 19.8 Å². The standard InChI is InChI=1S/C17H22N2O4S/c1-19-14-3-2-12(8-15(14)24-16(19)20)9-18-10-13-11-22-17(23-13)4-6-21-7-5-17/h2-3,8,13,18H,4-7,9-11H2,1H3/t13-/m1/s1. The van der Waals surface area contributed by atoms with Crippen LogP contribution in [0.1, 0.15) is 18.4 Å². The summed E-state index contributed by atoms with van der Waals surface area (Å²) in [6.45, 7) is 3.56. The second kappa shape index (κ2) is 6.57. The average molecular weight is 350 g/mol. The minimum absolute atomic E-state index is 0.0772. The summed E-state index contributed by atoms with van der Waals surface area (Å²) in [5, 5.41) is 3.44. The molecule has 0 unspecified atom stereocenters. The van der Waals surface area contributed by atoms with Gasteiger partial charge in [-0.15, -0.1) is 0 Å². The number of thiazole rings is 1. The van der Waals surface area contributed by atoms with E-state index >= 15 is 0 Å². The number of aryl methyl sites for hydroxylation is 1. The molecule has 0 saturated carbocycles. The number of hydrogen-bond acceptors (Lipinski definition) is 6. The zero-order valence-electron chi connectivity index (χ0n) is 13.7. The van der Waals surface area contributed by atoms with Gasteiger partial charge in [0, 0.05) is 33.0 Å². The summed E-state index contributed by atoms with van der Waals surface area (Å²) < 4.78 is 20.1. The minimum atomic E-state index is -0.417. The summed E-state index contributed by atoms with van der Waals surface area (Å²) >= 11 is 1.29. The molecule has 7 heteroatoms. The fourth-order valence-electron chi connectivity index (χ4n) is 3.33. The number of benzene rings is 1. The highest BCUT2D eigenvalue weighted by atomic mass is 32.1. The van der Waals surface area contributed by atoms with Crippen molar-refractivity contribution in [2.75, 3.05) is 26.4 Å². The fourth-order valence-corrected chi connectivity index (χ4v) is 4.27. The fraction of sp³-hybridized carbons (Fsp3) is 0.588. The van der Waals surface area contributed by atoms with E-state index in [-0.39, 0.29) is 11.0 Å². The summed E-state index contributed by atoms with van der Waals surface area (Å²) in [5.41, 5.74) is 2.16. The van der Waals surface area contributed by atoms with Gasteiger partial charge in [-0.05, 0) is 17.7 Å². The molecular formula is C17H22N2O4S. The van der Waals surface area contributed by atoms with Crippen LogP contribution in [0.25, 0.3) is 10.2 Å². The van der Waals surface area contributed by atoms with Crippen molar-refractivity contribution >= 4 is 21.6 Å². The molecule has 0 bridgehead atoms. The van der Waals surface area contributed by atoms with E-state index < -0.39 is 5.79 Å². The molecule has 1 spiro atoms. The first kappa shape index (κ1) is 16.2. The Morgan fingerprint density at radius 1 is 1.38 bits per heavy atom. The molecule has 0 aliphatic carbocycles. The molecule has 6 nitrogen and oxygen atoms in total. The Balaban J connectivity index is 1.32. The molecule has 4 rings (SSSR count). The van der Waals surface area contributed by atoms with Crippen LogP contribution >= 0.6 is 11.3 Å². The quantitative estimate of drug-likeness (QED) is 0.908. The number of rotatable bonds is 4. The SMILES string of the molecule is Cn1c(=O)sc2cc(CNC[C@@H]3COC4(CCOCC4)O3)ccc21. The normalized spacial score (nSPS) is 23.3. The molecule has 1 aromatic heterocycles. The van der Waals surface area contributed by atoms with Crippen LogP contribution in [0.4, 0.5) is 0 Å². The number of ether oxygens (including phenoxy) is 3. The largest absolute Gasteiger partial charge is 0.381 e. The van der Waals surface area contributed by atoms with Gasteiger partial charge in [-0.1, -0.05) is 17.4 Å². The number of nitrogens with one attached hydrogen (secondary N) is 1. The average Bonchev–Trinajstić information content (AvgIpc) is 3.10. The summed E-state index contributed by atoms with van der Waals surface area (Å²) in [6, 6.07) is 6.16. The molecule has 24 heavy (non-hydrogen) atoms. The van der Waals surface area contributed by atoms with Crippen LogP contribution in [-0.2, 0) is 27.8 Å². The van der Waals surface area contributed by atoms with Crippen LogP contribution in [0, 0.1) is 0 Å². The summed E-state index contributed by atoms with van der Waals surface area (Å²) in [4.78, 5) is 11.8. The second-order valence-electron chi connectivity index (χ2n) is 6.43. The molecule has 3 heterocycles. The van der Waals surface area contributed by atoms with Crippen molar-refractivity contribution in [1.82, 2.24) is 9.88 Å². The zero-order valence-corrected chi connectivity index (χ0v) is 14.6. The first-order valence-corrected chi connectivity index (χ1v) is 9.16. The molecule has 2 aliphatic rings. The Morgan fingerprint density at radius 3 is 3.04 bits per heavy atom. The zero-order chi connectivity index (χ0) is 16.6. The van der Waals surface area contributed by atoms with Crippen LogP contribution in [0.15, 0.2) is 23.0 Å². The number of hydrogen-bond donors (Lipinski definition) is 1. The third kappa shape index (κ3) is 3.14. The molecule has 0 radical (unpaired) electrons. The maximum Gasteiger partial charge on any atom is 0.307 e. The van der Waals surface area contributed by atoms with Crippen LogP contribution in [-0.4, -0.2) is 42.8 Å². The van der Waals surface area contributed by atoms with Crippen molar-refractivity contribution in [3.63, 3.8) is 0 Å². The van der Waals surface area contributed by atoms with E-state index in [1.807, 2.05) is 13.1 Å². The predicted octanol–water partition coefficient (Wildman–Crippen LogP) is 1.61. The lowest BCUT2D eigenvalue weighted by Crippen LogP contribution is -2.39. The van der Waals surface area contributed by atoms with Gasteiger partial charge in [0.1, 0.15) is 0 Å².